The number of unbranched alkanes of at least 4 members (excludes halogenated alkanes) is 3. The molecule has 2 fully saturated rings. The molecule has 0 radical (unpaired) electrons. The smallest absolute Gasteiger partial charge is 0.340 e. The van der Waals surface area contributed by atoms with Crippen LogP contribution in [0.3, 0.4) is 0 Å². The molecule has 0 saturated carbocycles. The first-order chi connectivity index (χ1) is 24.6. The van der Waals surface area contributed by atoms with Crippen LogP contribution < -0.4 is 25.5 Å². The zero-order valence-electron chi connectivity index (χ0n) is 29.3. The summed E-state index contributed by atoms with van der Waals surface area (Å²) >= 11 is 5.71. The van der Waals surface area contributed by atoms with Crippen LogP contribution in [0.15, 0.2) is 54.6 Å². The zero-order chi connectivity index (χ0) is 35.8. The molecule has 7 rings (SSSR count). The van der Waals surface area contributed by atoms with E-state index in [9.17, 15) is 18.4 Å². The van der Waals surface area contributed by atoms with Crippen molar-refractivity contribution in [1.29, 1.82) is 0 Å². The summed E-state index contributed by atoms with van der Waals surface area (Å²) in [6.07, 6.45) is 2.55. The summed E-state index contributed by atoms with van der Waals surface area (Å²) in [5, 5.41) is 5.11. The molecule has 1 spiro atoms. The number of amides is 1. The molecule has 4 aliphatic heterocycles. The quantitative estimate of drug-likeness (QED) is 0.1000. The maximum atomic E-state index is 13.9. The molecule has 1 amide bonds. The fraction of sp³-hybridized carbons (Fsp3) is 0.487. The molecule has 0 bridgehead atoms. The molecule has 2 saturated heterocycles. The van der Waals surface area contributed by atoms with Crippen molar-refractivity contribution in [3.05, 3.63) is 82.4 Å². The van der Waals surface area contributed by atoms with Gasteiger partial charge in [-0.15, -0.1) is 11.6 Å². The van der Waals surface area contributed by atoms with Gasteiger partial charge in [-0.3, -0.25) is 4.79 Å². The number of carbonyl (C=O) groups is 2. The number of ether oxygens (including phenoxy) is 3. The van der Waals surface area contributed by atoms with E-state index < -0.39 is 32.0 Å². The topological polar surface area (TPSA) is 80.3 Å². The van der Waals surface area contributed by atoms with Crippen molar-refractivity contribution in [2.45, 2.75) is 56.7 Å². The number of nitrogens with zero attached hydrogens (tertiary/aromatic N) is 2. The zero-order valence-corrected chi connectivity index (χ0v) is 31.1. The number of fused-ring (bicyclic) bond motifs is 6. The van der Waals surface area contributed by atoms with E-state index in [0.29, 0.717) is 81.7 Å². The largest absolute Gasteiger partial charge is 0.441 e. The van der Waals surface area contributed by atoms with E-state index in [2.05, 4.69) is 30.5 Å². The highest BCUT2D eigenvalue weighted by molar-refractivity contribution is 7.01. The van der Waals surface area contributed by atoms with E-state index in [-0.39, 0.29) is 5.91 Å². The lowest BCUT2D eigenvalue weighted by atomic mass is 9.78. The number of esters is 1. The first-order valence-electron chi connectivity index (χ1n) is 18.1. The third-order valence-electron chi connectivity index (χ3n) is 10.7. The maximum absolute atomic E-state index is 13.9. The van der Waals surface area contributed by atoms with E-state index >= 15 is 0 Å². The van der Waals surface area contributed by atoms with Crippen molar-refractivity contribution < 1.29 is 32.6 Å². The van der Waals surface area contributed by atoms with Gasteiger partial charge in [-0.2, -0.15) is 0 Å². The summed E-state index contributed by atoms with van der Waals surface area (Å²) < 4.78 is 45.6. The van der Waals surface area contributed by atoms with Crippen LogP contribution in [0.1, 0.15) is 63.1 Å². The molecule has 0 unspecified atom stereocenters. The Balaban J connectivity index is 1.13. The van der Waals surface area contributed by atoms with E-state index in [1.165, 1.54) is 0 Å². The summed E-state index contributed by atoms with van der Waals surface area (Å²) in [6.45, 7) is 8.21. The summed E-state index contributed by atoms with van der Waals surface area (Å²) in [7, 11) is -2.45. The third kappa shape index (κ3) is 6.78. The third-order valence-corrected chi connectivity index (χ3v) is 14.5. The SMILES string of the molecule is C[Si]1(C)c2cc(N3CC(F)C3)ccc2C2(OC(=O)c3ccc(C(=O)NCCOCCOCCCCCCCl)cc32)c2ccc(N3CC(F)C3)cc21. The molecular formula is C39H46ClF2N3O5Si. The Morgan fingerprint density at radius 3 is 2.00 bits per heavy atom. The van der Waals surface area contributed by atoms with Crippen LogP contribution in [0.2, 0.25) is 13.1 Å². The second-order valence-electron chi connectivity index (χ2n) is 14.5. The summed E-state index contributed by atoms with van der Waals surface area (Å²) in [4.78, 5) is 31.2. The molecule has 51 heavy (non-hydrogen) atoms. The maximum Gasteiger partial charge on any atom is 0.340 e. The number of anilines is 2. The van der Waals surface area contributed by atoms with Crippen molar-refractivity contribution >= 4 is 53.3 Å². The van der Waals surface area contributed by atoms with Gasteiger partial charge in [0.1, 0.15) is 20.4 Å². The fourth-order valence-electron chi connectivity index (χ4n) is 7.78. The molecule has 8 nitrogen and oxygen atoms in total. The van der Waals surface area contributed by atoms with Gasteiger partial charge >= 0.3 is 5.97 Å². The lowest BCUT2D eigenvalue weighted by molar-refractivity contribution is 0.0255. The Kier molecular flexibility index (Phi) is 10.4. The predicted octanol–water partition coefficient (Wildman–Crippen LogP) is 5.16. The highest BCUT2D eigenvalue weighted by atomic mass is 35.5. The number of hydrogen-bond donors (Lipinski definition) is 1. The minimum atomic E-state index is -2.45. The van der Waals surface area contributed by atoms with Gasteiger partial charge < -0.3 is 29.3 Å². The Hall–Kier alpha value is -3.51. The number of carbonyl (C=O) groups excluding carboxylic acids is 2. The Labute approximate surface area is 304 Å². The number of nitrogens with one attached hydrogen (secondary N) is 1. The lowest BCUT2D eigenvalue weighted by Crippen LogP contribution is -2.64. The first kappa shape index (κ1) is 35.9. The van der Waals surface area contributed by atoms with E-state index in [0.717, 1.165) is 58.6 Å². The van der Waals surface area contributed by atoms with E-state index in [4.69, 9.17) is 25.8 Å². The molecule has 4 aliphatic rings. The lowest BCUT2D eigenvalue weighted by Gasteiger charge is -2.46. The van der Waals surface area contributed by atoms with Gasteiger partial charge in [-0.1, -0.05) is 38.1 Å². The predicted molar refractivity (Wildman–Crippen MR) is 199 cm³/mol. The number of rotatable bonds is 15. The molecule has 12 heteroatoms. The van der Waals surface area contributed by atoms with Gasteiger partial charge in [0.15, 0.2) is 5.60 Å². The Morgan fingerprint density at radius 2 is 1.41 bits per heavy atom. The summed E-state index contributed by atoms with van der Waals surface area (Å²) in [6, 6.07) is 17.4. The first-order valence-corrected chi connectivity index (χ1v) is 21.6. The Morgan fingerprint density at radius 1 is 0.824 bits per heavy atom. The standard InChI is InChI=1S/C39H46ClF2N3O5Si/c1-51(2)35-20-29(44-22-27(41)23-44)8-11-32(35)39(33-12-9-30(21-36(33)51)45-24-28(42)25-45)34-19-26(7-10-31(34)38(47)50-39)37(46)43-14-16-49-18-17-48-15-6-4-3-5-13-40/h7-12,19-21,27-28H,3-6,13-18,22-25H2,1-2H3,(H,43,46). The van der Waals surface area contributed by atoms with Crippen LogP contribution >= 0.6 is 11.6 Å². The summed E-state index contributed by atoms with van der Waals surface area (Å²) in [5.41, 5.74) is 3.75. The molecule has 3 aromatic rings. The van der Waals surface area contributed by atoms with E-state index in [1.54, 1.807) is 18.2 Å². The molecular weight excluding hydrogens is 692 g/mol. The Bertz CT molecular complexity index is 1710. The monoisotopic (exact) mass is 737 g/mol. The molecule has 4 heterocycles. The molecule has 3 aromatic carbocycles. The van der Waals surface area contributed by atoms with Gasteiger partial charge in [0, 0.05) is 52.7 Å². The minimum absolute atomic E-state index is 0.280. The number of halogens is 3. The molecule has 0 aromatic heterocycles. The van der Waals surface area contributed by atoms with Crippen molar-refractivity contribution in [2.24, 2.45) is 0 Å². The molecule has 0 aliphatic carbocycles. The normalized spacial score (nSPS) is 18.5. The van der Waals surface area contributed by atoms with Gasteiger partial charge in [0.05, 0.1) is 51.6 Å². The van der Waals surface area contributed by atoms with Gasteiger partial charge in [0.25, 0.3) is 5.91 Å². The van der Waals surface area contributed by atoms with Crippen LogP contribution in [-0.2, 0) is 19.8 Å². The van der Waals surface area contributed by atoms with E-state index in [1.807, 2.05) is 34.1 Å². The van der Waals surface area contributed by atoms with Crippen LogP contribution in [0.5, 0.6) is 0 Å². The molecule has 1 N–H and O–H groups in total. The summed E-state index contributed by atoms with van der Waals surface area (Å²) in [5.74, 6) is -0.0394. The van der Waals surface area contributed by atoms with Crippen molar-refractivity contribution in [3.8, 4) is 0 Å². The number of benzene rings is 3. The molecule has 0 atom stereocenters. The highest BCUT2D eigenvalue weighted by Gasteiger charge is 2.56. The minimum Gasteiger partial charge on any atom is -0.441 e. The van der Waals surface area contributed by atoms with Gasteiger partial charge in [-0.25, -0.2) is 13.6 Å². The van der Waals surface area contributed by atoms with Crippen molar-refractivity contribution in [1.82, 2.24) is 5.32 Å². The van der Waals surface area contributed by atoms with Crippen LogP contribution in [-0.4, -0.2) is 97.3 Å². The van der Waals surface area contributed by atoms with Gasteiger partial charge in [0.2, 0.25) is 0 Å². The number of hydrogen-bond acceptors (Lipinski definition) is 7. The van der Waals surface area contributed by atoms with Crippen molar-refractivity contribution in [2.75, 3.05) is 74.8 Å². The van der Waals surface area contributed by atoms with Crippen molar-refractivity contribution in [3.63, 3.8) is 0 Å². The highest BCUT2D eigenvalue weighted by Crippen LogP contribution is 2.50. The van der Waals surface area contributed by atoms with Crippen LogP contribution in [0.25, 0.3) is 0 Å². The average molecular weight is 738 g/mol. The van der Waals surface area contributed by atoms with Crippen LogP contribution in [0.4, 0.5) is 20.2 Å². The second kappa shape index (κ2) is 14.8. The second-order valence-corrected chi connectivity index (χ2v) is 19.2. The van der Waals surface area contributed by atoms with Crippen LogP contribution in [0, 0.1) is 0 Å². The fourth-order valence-corrected chi connectivity index (χ4v) is 11.1. The molecule has 272 valence electrons. The van der Waals surface area contributed by atoms with Gasteiger partial charge in [-0.05, 0) is 65.7 Å². The number of alkyl halides is 3. The average Bonchev–Trinajstić information content (AvgIpc) is 3.40.